The summed E-state index contributed by atoms with van der Waals surface area (Å²) in [4.78, 5) is -0.0323. The van der Waals surface area contributed by atoms with Crippen LogP contribution in [0.4, 0.5) is 0 Å². The van der Waals surface area contributed by atoms with Gasteiger partial charge in [0.15, 0.2) is 0 Å². The van der Waals surface area contributed by atoms with Crippen molar-refractivity contribution in [2.75, 3.05) is 13.2 Å². The van der Waals surface area contributed by atoms with Crippen LogP contribution in [-0.2, 0) is 10.0 Å². The molecule has 0 amide bonds. The number of hydrogen-bond donors (Lipinski definition) is 2. The zero-order valence-corrected chi connectivity index (χ0v) is 15.3. The average molecular weight is 388 g/mol. The highest BCUT2D eigenvalue weighted by atomic mass is 35.5. The highest BCUT2D eigenvalue weighted by Gasteiger charge is 2.19. The first-order chi connectivity index (χ1) is 11.4. The molecule has 2 N–H and O–H groups in total. The van der Waals surface area contributed by atoms with E-state index in [2.05, 4.69) is 4.72 Å². The quantitative estimate of drug-likeness (QED) is 0.723. The van der Waals surface area contributed by atoms with Gasteiger partial charge in [-0.3, -0.25) is 0 Å². The van der Waals surface area contributed by atoms with Gasteiger partial charge >= 0.3 is 0 Å². The van der Waals surface area contributed by atoms with E-state index in [1.807, 2.05) is 30.3 Å². The van der Waals surface area contributed by atoms with Crippen molar-refractivity contribution >= 4 is 33.2 Å². The van der Waals surface area contributed by atoms with Crippen LogP contribution >= 0.6 is 23.2 Å². The fourth-order valence-corrected chi connectivity index (χ4v) is 4.30. The molecule has 24 heavy (non-hydrogen) atoms. The van der Waals surface area contributed by atoms with Crippen molar-refractivity contribution in [1.29, 1.82) is 0 Å². The molecule has 0 spiro atoms. The molecule has 0 aliphatic carbocycles. The van der Waals surface area contributed by atoms with Gasteiger partial charge in [-0.05, 0) is 42.5 Å². The summed E-state index contributed by atoms with van der Waals surface area (Å²) in [6.45, 7) is 0.289. The molecule has 2 aromatic carbocycles. The molecule has 0 heterocycles. The second-order valence-electron chi connectivity index (χ2n) is 5.38. The van der Waals surface area contributed by atoms with E-state index in [4.69, 9.17) is 23.2 Å². The number of nitrogens with one attached hydrogen (secondary N) is 1. The lowest BCUT2D eigenvalue weighted by atomic mass is 9.93. The van der Waals surface area contributed by atoms with Gasteiger partial charge in [0.05, 0.1) is 5.02 Å². The predicted octanol–water partition coefficient (Wildman–Crippen LogP) is 3.83. The number of aliphatic hydroxyl groups excluding tert-OH is 1. The van der Waals surface area contributed by atoms with E-state index in [1.54, 1.807) is 0 Å². The van der Waals surface area contributed by atoms with E-state index in [0.717, 1.165) is 5.56 Å². The van der Waals surface area contributed by atoms with E-state index in [1.165, 1.54) is 18.2 Å². The first-order valence-electron chi connectivity index (χ1n) is 7.54. The molecule has 0 saturated carbocycles. The fourth-order valence-electron chi connectivity index (χ4n) is 2.49. The highest BCUT2D eigenvalue weighted by Crippen LogP contribution is 2.26. The standard InChI is InChI=1S/C17H19Cl2NO3S/c18-15-6-7-16(19)17(12-15)24(22,23)20-10-8-14(9-11-21)13-4-2-1-3-5-13/h1-7,12,14,20-21H,8-11H2/t14-/m1/s1. The van der Waals surface area contributed by atoms with Crippen molar-refractivity contribution in [1.82, 2.24) is 4.72 Å². The Morgan fingerprint density at radius 1 is 1.04 bits per heavy atom. The monoisotopic (exact) mass is 387 g/mol. The molecule has 7 heteroatoms. The zero-order chi connectivity index (χ0) is 17.6. The number of halogens is 2. The summed E-state index contributed by atoms with van der Waals surface area (Å²) < 4.78 is 27.3. The van der Waals surface area contributed by atoms with Crippen molar-refractivity contribution in [3.8, 4) is 0 Å². The van der Waals surface area contributed by atoms with Crippen LogP contribution in [0, 0.1) is 0 Å². The van der Waals surface area contributed by atoms with E-state index in [9.17, 15) is 13.5 Å². The molecular formula is C17H19Cl2NO3S. The Hall–Kier alpha value is -1.11. The Bertz CT molecular complexity index is 767. The Labute approximate surface area is 152 Å². The second-order valence-corrected chi connectivity index (χ2v) is 7.96. The molecule has 0 aliphatic heterocycles. The Morgan fingerprint density at radius 2 is 1.75 bits per heavy atom. The number of benzene rings is 2. The molecular weight excluding hydrogens is 369 g/mol. The van der Waals surface area contributed by atoms with Crippen molar-refractivity contribution in [3.63, 3.8) is 0 Å². The fraction of sp³-hybridized carbons (Fsp3) is 0.294. The van der Waals surface area contributed by atoms with Crippen molar-refractivity contribution < 1.29 is 13.5 Å². The Balaban J connectivity index is 2.04. The zero-order valence-electron chi connectivity index (χ0n) is 13.0. The van der Waals surface area contributed by atoms with Crippen LogP contribution in [-0.4, -0.2) is 26.7 Å². The van der Waals surface area contributed by atoms with Crippen LogP contribution in [0.5, 0.6) is 0 Å². The molecule has 0 radical (unpaired) electrons. The number of sulfonamides is 1. The molecule has 0 fully saturated rings. The average Bonchev–Trinajstić information content (AvgIpc) is 2.57. The van der Waals surface area contributed by atoms with Crippen LogP contribution in [0.15, 0.2) is 53.4 Å². The highest BCUT2D eigenvalue weighted by molar-refractivity contribution is 7.89. The topological polar surface area (TPSA) is 66.4 Å². The number of aliphatic hydroxyl groups is 1. The summed E-state index contributed by atoms with van der Waals surface area (Å²) in [6, 6.07) is 14.0. The van der Waals surface area contributed by atoms with Crippen LogP contribution in [0.1, 0.15) is 24.3 Å². The van der Waals surface area contributed by atoms with Gasteiger partial charge < -0.3 is 5.11 Å². The van der Waals surface area contributed by atoms with E-state index < -0.39 is 10.0 Å². The molecule has 0 bridgehead atoms. The van der Waals surface area contributed by atoms with Crippen molar-refractivity contribution in [3.05, 3.63) is 64.1 Å². The summed E-state index contributed by atoms with van der Waals surface area (Å²) in [5.74, 6) is 0.0775. The normalized spacial score (nSPS) is 13.0. The van der Waals surface area contributed by atoms with Gasteiger partial charge in [-0.15, -0.1) is 0 Å². The van der Waals surface area contributed by atoms with Gasteiger partial charge in [-0.2, -0.15) is 0 Å². The predicted molar refractivity (Wildman–Crippen MR) is 97.2 cm³/mol. The molecule has 2 rings (SSSR count). The molecule has 1 atom stereocenters. The first-order valence-corrected chi connectivity index (χ1v) is 9.78. The van der Waals surface area contributed by atoms with E-state index in [-0.39, 0.29) is 29.0 Å². The minimum atomic E-state index is -3.74. The maximum Gasteiger partial charge on any atom is 0.242 e. The van der Waals surface area contributed by atoms with Gasteiger partial charge in [0.25, 0.3) is 0 Å². The summed E-state index contributed by atoms with van der Waals surface area (Å²) >= 11 is 11.8. The lowest BCUT2D eigenvalue weighted by molar-refractivity contribution is 0.273. The molecule has 0 aliphatic rings. The Kier molecular flexibility index (Phi) is 7.07. The smallest absolute Gasteiger partial charge is 0.242 e. The summed E-state index contributed by atoms with van der Waals surface area (Å²) in [5, 5.41) is 9.67. The van der Waals surface area contributed by atoms with Crippen molar-refractivity contribution in [2.45, 2.75) is 23.7 Å². The molecule has 130 valence electrons. The molecule has 2 aromatic rings. The minimum Gasteiger partial charge on any atom is -0.396 e. The van der Waals surface area contributed by atoms with Gasteiger partial charge in [0.1, 0.15) is 4.90 Å². The summed E-state index contributed by atoms with van der Waals surface area (Å²) in [5.41, 5.74) is 1.08. The van der Waals surface area contributed by atoms with E-state index >= 15 is 0 Å². The van der Waals surface area contributed by atoms with Gasteiger partial charge in [-0.25, -0.2) is 13.1 Å². The third-order valence-corrected chi connectivity index (χ3v) is 5.89. The third kappa shape index (κ3) is 5.19. The largest absolute Gasteiger partial charge is 0.396 e. The maximum atomic E-state index is 12.4. The van der Waals surface area contributed by atoms with Crippen LogP contribution in [0.25, 0.3) is 0 Å². The lowest BCUT2D eigenvalue weighted by Gasteiger charge is -2.17. The summed E-state index contributed by atoms with van der Waals surface area (Å²) in [6.07, 6.45) is 1.14. The van der Waals surface area contributed by atoms with Gasteiger partial charge in [-0.1, -0.05) is 53.5 Å². The van der Waals surface area contributed by atoms with Gasteiger partial charge in [0, 0.05) is 18.2 Å². The summed E-state index contributed by atoms with van der Waals surface area (Å²) in [7, 11) is -3.74. The second kappa shape index (κ2) is 8.83. The minimum absolute atomic E-state index is 0.0323. The molecule has 4 nitrogen and oxygen atoms in total. The van der Waals surface area contributed by atoms with Crippen LogP contribution in [0.3, 0.4) is 0 Å². The maximum absolute atomic E-state index is 12.4. The Morgan fingerprint density at radius 3 is 2.42 bits per heavy atom. The number of rotatable bonds is 8. The van der Waals surface area contributed by atoms with Crippen LogP contribution < -0.4 is 4.72 Å². The molecule has 0 aromatic heterocycles. The molecule has 0 saturated heterocycles. The van der Waals surface area contributed by atoms with Crippen LogP contribution in [0.2, 0.25) is 10.0 Å². The third-order valence-electron chi connectivity index (χ3n) is 3.72. The molecule has 0 unspecified atom stereocenters. The van der Waals surface area contributed by atoms with E-state index in [0.29, 0.717) is 17.9 Å². The van der Waals surface area contributed by atoms with Gasteiger partial charge in [0.2, 0.25) is 10.0 Å². The number of hydrogen-bond acceptors (Lipinski definition) is 3. The lowest BCUT2D eigenvalue weighted by Crippen LogP contribution is -2.26. The first kappa shape index (κ1) is 19.2. The SMILES string of the molecule is O=S(=O)(NCC[C@H](CCO)c1ccccc1)c1cc(Cl)ccc1Cl. The van der Waals surface area contributed by atoms with Crippen molar-refractivity contribution in [2.24, 2.45) is 0 Å².